The van der Waals surface area contributed by atoms with Crippen LogP contribution in [0.5, 0.6) is 5.75 Å². The molecular formula is C36H37Cl2N5O5. The number of aryl methyl sites for hydroxylation is 1. The minimum absolute atomic E-state index is 0.0540. The average molecular weight is 691 g/mol. The van der Waals surface area contributed by atoms with Gasteiger partial charge < -0.3 is 24.6 Å². The molecule has 5 rings (SSSR count). The van der Waals surface area contributed by atoms with E-state index in [1.165, 1.54) is 48.6 Å². The summed E-state index contributed by atoms with van der Waals surface area (Å²) in [6.45, 7) is 5.75. The van der Waals surface area contributed by atoms with Crippen LogP contribution in [-0.2, 0) is 20.9 Å². The van der Waals surface area contributed by atoms with Crippen LogP contribution in [-0.4, -0.2) is 61.0 Å². The SMILES string of the molecule is CCOC(=O)c1ccc(/C=C/C(=O)NCC(=O)N(C)c2ccc(Cl)c(COc3cccc4c(N5CCCCC5)cc(C)nc34)c2Cl)cn1. The van der Waals surface area contributed by atoms with E-state index in [4.69, 9.17) is 37.7 Å². The quantitative estimate of drug-likeness (QED) is 0.135. The minimum atomic E-state index is -0.521. The van der Waals surface area contributed by atoms with Crippen LogP contribution in [0.3, 0.4) is 0 Å². The van der Waals surface area contributed by atoms with Gasteiger partial charge in [0.1, 0.15) is 23.6 Å². The molecule has 1 aliphatic rings. The molecule has 1 saturated heterocycles. The van der Waals surface area contributed by atoms with Crippen molar-refractivity contribution in [1.82, 2.24) is 15.3 Å². The van der Waals surface area contributed by atoms with Crippen LogP contribution in [0.25, 0.3) is 17.0 Å². The monoisotopic (exact) mass is 689 g/mol. The Morgan fingerprint density at radius 2 is 1.85 bits per heavy atom. The number of anilines is 2. The smallest absolute Gasteiger partial charge is 0.356 e. The Kier molecular flexibility index (Phi) is 11.5. The van der Waals surface area contributed by atoms with E-state index in [0.29, 0.717) is 27.6 Å². The Bertz CT molecular complexity index is 1840. The van der Waals surface area contributed by atoms with Gasteiger partial charge in [0.25, 0.3) is 0 Å². The van der Waals surface area contributed by atoms with Gasteiger partial charge in [-0.15, -0.1) is 0 Å². The number of hydrogen-bond donors (Lipinski definition) is 1. The Morgan fingerprint density at radius 1 is 1.06 bits per heavy atom. The summed E-state index contributed by atoms with van der Waals surface area (Å²) in [6.07, 6.45) is 7.83. The Balaban J connectivity index is 1.23. The Hall–Kier alpha value is -4.67. The Morgan fingerprint density at radius 3 is 2.58 bits per heavy atom. The summed E-state index contributed by atoms with van der Waals surface area (Å²) in [5, 5.41) is 4.26. The van der Waals surface area contributed by atoms with Crippen molar-refractivity contribution in [2.24, 2.45) is 0 Å². The number of pyridine rings is 2. The van der Waals surface area contributed by atoms with Gasteiger partial charge in [-0.2, -0.15) is 0 Å². The molecule has 2 aromatic carbocycles. The predicted molar refractivity (Wildman–Crippen MR) is 189 cm³/mol. The van der Waals surface area contributed by atoms with Gasteiger partial charge in [0.15, 0.2) is 0 Å². The zero-order valence-corrected chi connectivity index (χ0v) is 28.6. The fourth-order valence-corrected chi connectivity index (χ4v) is 6.05. The number of esters is 1. The van der Waals surface area contributed by atoms with Crippen molar-refractivity contribution in [1.29, 1.82) is 0 Å². The number of nitrogens with zero attached hydrogens (tertiary/aromatic N) is 4. The predicted octanol–water partition coefficient (Wildman–Crippen LogP) is 6.78. The third-order valence-electron chi connectivity index (χ3n) is 7.99. The molecule has 4 aromatic rings. The van der Waals surface area contributed by atoms with Crippen LogP contribution < -0.4 is 19.9 Å². The second-order valence-corrected chi connectivity index (χ2v) is 12.1. The van der Waals surface area contributed by atoms with Gasteiger partial charge in [0.05, 0.1) is 23.9 Å². The number of likely N-dealkylation sites (N-methyl/N-ethyl adjacent to an activating group) is 1. The number of rotatable bonds is 11. The summed E-state index contributed by atoms with van der Waals surface area (Å²) in [4.78, 5) is 49.8. The number of carbonyl (C=O) groups excluding carboxylic acids is 3. The lowest BCUT2D eigenvalue weighted by Crippen LogP contribution is -2.37. The fraction of sp³-hybridized carbons (Fsp3) is 0.306. The first-order valence-electron chi connectivity index (χ1n) is 15.8. The number of nitrogens with one attached hydrogen (secondary N) is 1. The van der Waals surface area contributed by atoms with E-state index in [1.807, 2.05) is 19.1 Å². The topological polar surface area (TPSA) is 114 Å². The molecule has 0 spiro atoms. The molecule has 250 valence electrons. The number of fused-ring (bicyclic) bond motifs is 1. The van der Waals surface area contributed by atoms with Crippen molar-refractivity contribution in [2.75, 3.05) is 43.1 Å². The molecule has 0 atom stereocenters. The maximum Gasteiger partial charge on any atom is 0.356 e. The van der Waals surface area contributed by atoms with E-state index < -0.39 is 17.8 Å². The molecule has 10 nitrogen and oxygen atoms in total. The number of aromatic nitrogens is 2. The van der Waals surface area contributed by atoms with E-state index >= 15 is 0 Å². The average Bonchev–Trinajstić information content (AvgIpc) is 3.09. The van der Waals surface area contributed by atoms with E-state index in [1.54, 1.807) is 32.2 Å². The number of halogens is 2. The molecule has 2 aromatic heterocycles. The van der Waals surface area contributed by atoms with E-state index in [-0.39, 0.29) is 30.5 Å². The lowest BCUT2D eigenvalue weighted by atomic mass is 10.1. The summed E-state index contributed by atoms with van der Waals surface area (Å²) in [5.74, 6) is -0.789. The van der Waals surface area contributed by atoms with Crippen molar-refractivity contribution in [3.63, 3.8) is 0 Å². The summed E-state index contributed by atoms with van der Waals surface area (Å²) in [5.41, 5.74) is 4.54. The molecule has 0 aliphatic carbocycles. The number of benzene rings is 2. The van der Waals surface area contributed by atoms with Crippen molar-refractivity contribution in [2.45, 2.75) is 39.7 Å². The summed E-state index contributed by atoms with van der Waals surface area (Å²) in [6, 6.07) is 14.5. The maximum absolute atomic E-state index is 13.0. The summed E-state index contributed by atoms with van der Waals surface area (Å²) in [7, 11) is 1.57. The molecule has 2 amide bonds. The third kappa shape index (κ3) is 8.24. The standard InChI is InChI=1S/C36H37Cl2N5O5/c1-4-47-36(46)28-14-11-24(20-39-28)12-16-32(44)40-21-33(45)42(3)29-15-13-27(37)26(34(29)38)22-48-31-10-8-9-25-30(19-23(2)41-35(25)31)43-17-6-5-7-18-43/h8-16,19-20H,4-7,17-18,21-22H2,1-3H3,(H,40,44)/b16-12+. The van der Waals surface area contributed by atoms with E-state index in [0.717, 1.165) is 35.4 Å². The summed E-state index contributed by atoms with van der Waals surface area (Å²) < 4.78 is 11.2. The molecule has 1 fully saturated rings. The van der Waals surface area contributed by atoms with Crippen molar-refractivity contribution in [3.8, 4) is 5.75 Å². The molecule has 1 aliphatic heterocycles. The lowest BCUT2D eigenvalue weighted by Gasteiger charge is -2.30. The Labute approximate surface area is 289 Å². The zero-order chi connectivity index (χ0) is 34.2. The van der Waals surface area contributed by atoms with Crippen LogP contribution in [0.1, 0.15) is 53.5 Å². The molecule has 12 heteroatoms. The van der Waals surface area contributed by atoms with Gasteiger partial charge in [-0.3, -0.25) is 9.59 Å². The van der Waals surface area contributed by atoms with Gasteiger partial charge >= 0.3 is 5.97 Å². The summed E-state index contributed by atoms with van der Waals surface area (Å²) >= 11 is 13.4. The van der Waals surface area contributed by atoms with E-state index in [2.05, 4.69) is 27.3 Å². The van der Waals surface area contributed by atoms with Crippen molar-refractivity contribution >= 4 is 69.3 Å². The number of ether oxygens (including phenoxy) is 2. The number of para-hydroxylation sites is 1. The van der Waals surface area contributed by atoms with Crippen LogP contribution in [0.15, 0.2) is 60.8 Å². The molecular weight excluding hydrogens is 653 g/mol. The highest BCUT2D eigenvalue weighted by Crippen LogP contribution is 2.37. The van der Waals surface area contributed by atoms with Crippen molar-refractivity contribution < 1.29 is 23.9 Å². The van der Waals surface area contributed by atoms with Crippen LogP contribution in [0, 0.1) is 6.92 Å². The molecule has 48 heavy (non-hydrogen) atoms. The molecule has 3 heterocycles. The molecule has 0 bridgehead atoms. The first kappa shape index (κ1) is 34.7. The fourth-order valence-electron chi connectivity index (χ4n) is 5.44. The van der Waals surface area contributed by atoms with Gasteiger partial charge in [-0.05, 0) is 75.1 Å². The zero-order valence-electron chi connectivity index (χ0n) is 27.1. The molecule has 0 unspecified atom stereocenters. The third-order valence-corrected chi connectivity index (χ3v) is 8.77. The number of piperidine rings is 1. The number of amides is 2. The highest BCUT2D eigenvalue weighted by atomic mass is 35.5. The second kappa shape index (κ2) is 16.0. The van der Waals surface area contributed by atoms with Gasteiger partial charge in [-0.25, -0.2) is 14.8 Å². The van der Waals surface area contributed by atoms with Crippen molar-refractivity contribution in [3.05, 3.63) is 93.4 Å². The van der Waals surface area contributed by atoms with Gasteiger partial charge in [0, 0.05) is 59.8 Å². The van der Waals surface area contributed by atoms with Crippen LogP contribution >= 0.6 is 23.2 Å². The molecule has 0 saturated carbocycles. The lowest BCUT2D eigenvalue weighted by molar-refractivity contribution is -0.122. The molecule has 0 radical (unpaired) electrons. The van der Waals surface area contributed by atoms with Gasteiger partial charge in [0.2, 0.25) is 11.8 Å². The van der Waals surface area contributed by atoms with Crippen LogP contribution in [0.4, 0.5) is 11.4 Å². The highest BCUT2D eigenvalue weighted by molar-refractivity contribution is 6.38. The molecule has 1 N–H and O–H groups in total. The highest BCUT2D eigenvalue weighted by Gasteiger charge is 2.21. The first-order valence-corrected chi connectivity index (χ1v) is 16.5. The second-order valence-electron chi connectivity index (χ2n) is 11.3. The van der Waals surface area contributed by atoms with Gasteiger partial charge in [-0.1, -0.05) is 41.4 Å². The maximum atomic E-state index is 13.0. The first-order chi connectivity index (χ1) is 23.2. The largest absolute Gasteiger partial charge is 0.487 e. The minimum Gasteiger partial charge on any atom is -0.487 e. The van der Waals surface area contributed by atoms with E-state index in [9.17, 15) is 14.4 Å². The number of hydrogen-bond acceptors (Lipinski definition) is 8. The van der Waals surface area contributed by atoms with Crippen LogP contribution in [0.2, 0.25) is 10.0 Å². The number of carbonyl (C=O) groups is 3. The normalized spacial score (nSPS) is 13.1.